The molecule has 1 aliphatic rings. The van der Waals surface area contributed by atoms with Crippen LogP contribution in [0.25, 0.3) is 0 Å². The Kier molecular flexibility index (Phi) is 3.57. The number of carbonyl (C=O) groups is 2. The van der Waals surface area contributed by atoms with Crippen LogP contribution >= 0.6 is 11.3 Å². The monoisotopic (exact) mass is 322 g/mol. The maximum atomic E-state index is 12.4. The van der Waals surface area contributed by atoms with Gasteiger partial charge in [-0.2, -0.15) is 0 Å². The number of aromatic carboxylic acids is 1. The Morgan fingerprint density at radius 1 is 1.45 bits per heavy atom. The number of hydrogen-bond acceptors (Lipinski definition) is 6. The molecule has 1 saturated heterocycles. The van der Waals surface area contributed by atoms with E-state index in [4.69, 9.17) is 9.63 Å². The van der Waals surface area contributed by atoms with E-state index in [9.17, 15) is 9.59 Å². The third-order valence-corrected chi connectivity index (χ3v) is 4.50. The maximum absolute atomic E-state index is 12.4. The molecule has 8 nitrogen and oxygen atoms in total. The molecule has 0 atom stereocenters. The van der Waals surface area contributed by atoms with Crippen molar-refractivity contribution in [1.29, 1.82) is 0 Å². The van der Waals surface area contributed by atoms with Crippen LogP contribution < -0.4 is 4.90 Å². The Morgan fingerprint density at radius 3 is 2.82 bits per heavy atom. The summed E-state index contributed by atoms with van der Waals surface area (Å²) in [5.41, 5.74) is 1.11. The van der Waals surface area contributed by atoms with Gasteiger partial charge in [0.2, 0.25) is 0 Å². The molecule has 9 heteroatoms. The van der Waals surface area contributed by atoms with Gasteiger partial charge in [0.15, 0.2) is 5.13 Å². The maximum Gasteiger partial charge on any atom is 0.347 e. The summed E-state index contributed by atoms with van der Waals surface area (Å²) in [5.74, 6) is -0.331. The lowest BCUT2D eigenvalue weighted by molar-refractivity contribution is 0.0701. The van der Waals surface area contributed by atoms with Crippen molar-refractivity contribution in [3.05, 3.63) is 28.1 Å². The zero-order chi connectivity index (χ0) is 15.9. The van der Waals surface area contributed by atoms with E-state index in [0.29, 0.717) is 41.9 Å². The van der Waals surface area contributed by atoms with Gasteiger partial charge in [0, 0.05) is 19.2 Å². The van der Waals surface area contributed by atoms with E-state index in [-0.39, 0.29) is 10.9 Å². The van der Waals surface area contributed by atoms with E-state index < -0.39 is 5.97 Å². The van der Waals surface area contributed by atoms with Crippen molar-refractivity contribution in [3.8, 4) is 0 Å². The summed E-state index contributed by atoms with van der Waals surface area (Å²) in [6.07, 6.45) is 0. The number of thiazole rings is 1. The van der Waals surface area contributed by atoms with Gasteiger partial charge in [-0.3, -0.25) is 4.90 Å². The first-order valence-corrected chi connectivity index (χ1v) is 7.46. The van der Waals surface area contributed by atoms with Gasteiger partial charge < -0.3 is 14.5 Å². The van der Waals surface area contributed by atoms with Crippen molar-refractivity contribution >= 4 is 28.5 Å². The van der Waals surface area contributed by atoms with Crippen LogP contribution in [0.5, 0.6) is 0 Å². The first-order chi connectivity index (χ1) is 10.5. The number of aryl methyl sites for hydroxylation is 2. The second-order valence-electron chi connectivity index (χ2n) is 5.00. The van der Waals surface area contributed by atoms with E-state index in [0.717, 1.165) is 11.3 Å². The zero-order valence-corrected chi connectivity index (χ0v) is 12.9. The molecule has 0 saturated carbocycles. The molecular weight excluding hydrogens is 308 g/mol. The molecule has 0 radical (unpaired) electrons. The quantitative estimate of drug-likeness (QED) is 0.922. The summed E-state index contributed by atoms with van der Waals surface area (Å²) in [7, 11) is 0. The first kappa shape index (κ1) is 14.5. The van der Waals surface area contributed by atoms with Gasteiger partial charge >= 0.3 is 12.0 Å². The average molecular weight is 322 g/mol. The fraction of sp³-hybridized carbons (Fsp3) is 0.385. The Labute approximate surface area is 129 Å². The van der Waals surface area contributed by atoms with Crippen molar-refractivity contribution in [3.63, 3.8) is 0 Å². The van der Waals surface area contributed by atoms with Crippen LogP contribution in [0.15, 0.2) is 10.6 Å². The van der Waals surface area contributed by atoms with Crippen LogP contribution in [-0.2, 0) is 6.54 Å². The summed E-state index contributed by atoms with van der Waals surface area (Å²) in [6.45, 7) is 4.79. The summed E-state index contributed by atoms with van der Waals surface area (Å²) >= 11 is 1.01. The van der Waals surface area contributed by atoms with Gasteiger partial charge in [0.1, 0.15) is 16.3 Å². The Bertz CT molecular complexity index is 738. The molecule has 1 N–H and O–H groups in total. The number of amides is 2. The number of aromatic nitrogens is 2. The largest absolute Gasteiger partial charge is 0.477 e. The lowest BCUT2D eigenvalue weighted by Gasteiger charge is -2.15. The lowest BCUT2D eigenvalue weighted by Crippen LogP contribution is -2.31. The zero-order valence-electron chi connectivity index (χ0n) is 12.1. The van der Waals surface area contributed by atoms with Crippen molar-refractivity contribution in [2.75, 3.05) is 18.0 Å². The SMILES string of the molecule is Cc1cc(CN2CCN(c3nc(C)c(C(=O)O)s3)C2=O)no1. The molecular formula is C13H14N4O4S. The van der Waals surface area contributed by atoms with Gasteiger partial charge in [0.25, 0.3) is 0 Å². The molecule has 2 aromatic rings. The Morgan fingerprint density at radius 2 is 2.23 bits per heavy atom. The third-order valence-electron chi connectivity index (χ3n) is 3.34. The number of urea groups is 1. The molecule has 0 aliphatic carbocycles. The number of carbonyl (C=O) groups excluding carboxylic acids is 1. The molecule has 22 heavy (non-hydrogen) atoms. The second-order valence-corrected chi connectivity index (χ2v) is 5.98. The van der Waals surface area contributed by atoms with Crippen molar-refractivity contribution in [2.45, 2.75) is 20.4 Å². The molecule has 3 rings (SSSR count). The second kappa shape index (κ2) is 5.41. The number of nitrogens with zero attached hydrogens (tertiary/aromatic N) is 4. The number of anilines is 1. The molecule has 116 valence electrons. The molecule has 2 aromatic heterocycles. The highest BCUT2D eigenvalue weighted by atomic mass is 32.1. The van der Waals surface area contributed by atoms with Crippen molar-refractivity contribution in [2.24, 2.45) is 0 Å². The number of carboxylic acids is 1. The summed E-state index contributed by atoms with van der Waals surface area (Å²) in [5, 5.41) is 13.4. The fourth-order valence-corrected chi connectivity index (χ4v) is 3.22. The molecule has 0 spiro atoms. The third kappa shape index (κ3) is 2.54. The van der Waals surface area contributed by atoms with E-state index in [1.165, 1.54) is 4.90 Å². The lowest BCUT2D eigenvalue weighted by atomic mass is 10.3. The summed E-state index contributed by atoms with van der Waals surface area (Å²) in [6, 6.07) is 1.58. The van der Waals surface area contributed by atoms with Crippen molar-refractivity contribution < 1.29 is 19.2 Å². The van der Waals surface area contributed by atoms with Crippen LogP contribution in [0, 0.1) is 13.8 Å². The molecule has 3 heterocycles. The molecule has 2 amide bonds. The van der Waals surface area contributed by atoms with Crippen LogP contribution in [0.4, 0.5) is 9.93 Å². The van der Waals surface area contributed by atoms with Gasteiger partial charge in [-0.25, -0.2) is 14.6 Å². The highest BCUT2D eigenvalue weighted by molar-refractivity contribution is 7.17. The topological polar surface area (TPSA) is 99.8 Å². The smallest absolute Gasteiger partial charge is 0.347 e. The highest BCUT2D eigenvalue weighted by Gasteiger charge is 2.33. The van der Waals surface area contributed by atoms with Crippen LogP contribution in [0.1, 0.15) is 26.8 Å². The first-order valence-electron chi connectivity index (χ1n) is 6.65. The van der Waals surface area contributed by atoms with Gasteiger partial charge in [-0.1, -0.05) is 16.5 Å². The van der Waals surface area contributed by atoms with Gasteiger partial charge in [-0.05, 0) is 13.8 Å². The van der Waals surface area contributed by atoms with Crippen LogP contribution in [0.2, 0.25) is 0 Å². The van der Waals surface area contributed by atoms with E-state index >= 15 is 0 Å². The minimum atomic E-state index is -1.03. The minimum Gasteiger partial charge on any atom is -0.477 e. The number of hydrogen-bond donors (Lipinski definition) is 1. The molecule has 0 bridgehead atoms. The van der Waals surface area contributed by atoms with Crippen LogP contribution in [-0.4, -0.2) is 45.2 Å². The average Bonchev–Trinajstić information content (AvgIpc) is 3.12. The number of rotatable bonds is 4. The minimum absolute atomic E-state index is 0.161. The summed E-state index contributed by atoms with van der Waals surface area (Å²) < 4.78 is 4.99. The Balaban J connectivity index is 1.76. The molecule has 0 unspecified atom stereocenters. The number of carboxylic acid groups (broad SMARTS) is 1. The summed E-state index contributed by atoms with van der Waals surface area (Å²) in [4.78, 5) is 31.0. The normalized spacial score (nSPS) is 14.9. The molecule has 0 aromatic carbocycles. The van der Waals surface area contributed by atoms with Gasteiger partial charge in [-0.15, -0.1) is 0 Å². The van der Waals surface area contributed by atoms with E-state index in [1.54, 1.807) is 24.8 Å². The van der Waals surface area contributed by atoms with E-state index in [2.05, 4.69) is 10.1 Å². The van der Waals surface area contributed by atoms with Crippen molar-refractivity contribution in [1.82, 2.24) is 15.0 Å². The highest BCUT2D eigenvalue weighted by Crippen LogP contribution is 2.29. The molecule has 1 fully saturated rings. The van der Waals surface area contributed by atoms with E-state index in [1.807, 2.05) is 0 Å². The molecule has 1 aliphatic heterocycles. The Hall–Kier alpha value is -2.42. The van der Waals surface area contributed by atoms with Crippen LogP contribution in [0.3, 0.4) is 0 Å². The predicted octanol–water partition coefficient (Wildman–Crippen LogP) is 1.89. The van der Waals surface area contributed by atoms with Gasteiger partial charge in [0.05, 0.1) is 12.2 Å². The fourth-order valence-electron chi connectivity index (χ4n) is 2.29. The standard InChI is InChI=1S/C13H14N4O4S/c1-7-5-9(15-21-7)6-16-3-4-17(13(16)20)12-14-8(2)10(22-12)11(18)19/h5H,3-4,6H2,1-2H3,(H,18,19). The predicted molar refractivity (Wildman–Crippen MR) is 78.2 cm³/mol.